The number of pyridine rings is 2. The summed E-state index contributed by atoms with van der Waals surface area (Å²) >= 11 is 0. The average Bonchev–Trinajstić information content (AvgIpc) is 0.682. The van der Waals surface area contributed by atoms with Crippen molar-refractivity contribution in [3.8, 4) is 0 Å². The van der Waals surface area contributed by atoms with E-state index in [0.29, 0.717) is 0 Å². The molecule has 13 aromatic rings. The largest absolute Gasteiger partial charge is 0.311 e. The highest BCUT2D eigenvalue weighted by Gasteiger charge is 2.51. The number of aromatic nitrogens is 2. The van der Waals surface area contributed by atoms with Crippen molar-refractivity contribution in [3.05, 3.63) is 311 Å². The quantitative estimate of drug-likeness (QED) is 0.126. The van der Waals surface area contributed by atoms with Crippen molar-refractivity contribution in [3.63, 3.8) is 0 Å². The first kappa shape index (κ1) is 65.4. The van der Waals surface area contributed by atoms with Crippen LogP contribution in [0.15, 0.2) is 267 Å². The van der Waals surface area contributed by atoms with Crippen LogP contribution in [0.25, 0.3) is 0 Å². The zero-order valence-corrected chi connectivity index (χ0v) is 63.0. The molecule has 10 heteroatoms. The van der Waals surface area contributed by atoms with Gasteiger partial charge in [-0.25, -0.2) is 9.97 Å². The zero-order chi connectivity index (χ0) is 72.4. The standard InChI is InChI=1S/C96H88B2N8/c1-61-31-29-32-62(2)89(61)105(67-39-21-15-22-40-67)85-59-83-87-91(99-85)103(65-35-17-13-18-36-65)81-58-82-78(57-77(81)97(87)75-43-25-27-45-79(75)101(83)69-47-49-71-73(55-69)95(9,10)53-51-93(71,5)6)98-76-44-26-28-46-80(76)102(70-48-50-72-74(56-70)96(11,12)54-52-94(72,7)8)84-60-86(100-92(88(84)98)104(82)66-37-19-14-20-38-66)106(68-41-23-16-24-42-68)90-63(3)33-30-34-64(90)4/h13-50,55-60H,51-54H2,1-12H3. The molecule has 518 valence electrons. The van der Waals surface area contributed by atoms with Gasteiger partial charge in [0.25, 0.3) is 13.4 Å². The first-order valence-corrected chi connectivity index (χ1v) is 38.1. The van der Waals surface area contributed by atoms with E-state index in [1.165, 1.54) is 66.4 Å². The molecule has 0 unspecified atom stereocenters. The highest BCUT2D eigenvalue weighted by atomic mass is 15.3. The van der Waals surface area contributed by atoms with Gasteiger partial charge in [0.15, 0.2) is 0 Å². The van der Waals surface area contributed by atoms with E-state index in [-0.39, 0.29) is 35.1 Å². The molecule has 11 aromatic carbocycles. The van der Waals surface area contributed by atoms with E-state index in [0.717, 1.165) is 140 Å². The molecule has 0 N–H and O–H groups in total. The second-order valence-corrected chi connectivity index (χ2v) is 33.3. The summed E-state index contributed by atoms with van der Waals surface area (Å²) in [5.74, 6) is 3.42. The maximum atomic E-state index is 6.29. The molecule has 8 nitrogen and oxygen atoms in total. The maximum Gasteiger partial charge on any atom is 0.254 e. The summed E-state index contributed by atoms with van der Waals surface area (Å²) < 4.78 is 0. The molecule has 106 heavy (non-hydrogen) atoms. The Balaban J connectivity index is 0.935. The minimum absolute atomic E-state index is 0.0311. The predicted molar refractivity (Wildman–Crippen MR) is 449 cm³/mol. The molecule has 2 aliphatic carbocycles. The highest BCUT2D eigenvalue weighted by Crippen LogP contribution is 2.55. The summed E-state index contributed by atoms with van der Waals surface area (Å²) in [6.45, 7) is 28.0. The van der Waals surface area contributed by atoms with E-state index in [4.69, 9.17) is 9.97 Å². The van der Waals surface area contributed by atoms with Crippen LogP contribution in [0.2, 0.25) is 0 Å². The van der Waals surface area contributed by atoms with Crippen molar-refractivity contribution in [2.24, 2.45) is 0 Å². The van der Waals surface area contributed by atoms with Crippen LogP contribution >= 0.6 is 0 Å². The van der Waals surface area contributed by atoms with Crippen molar-refractivity contribution in [1.82, 2.24) is 9.97 Å². The second kappa shape index (κ2) is 24.1. The van der Waals surface area contributed by atoms with Gasteiger partial charge < -0.3 is 9.80 Å². The third kappa shape index (κ3) is 10.0. The minimum Gasteiger partial charge on any atom is -0.311 e. The molecule has 6 aliphatic rings. The van der Waals surface area contributed by atoms with Crippen LogP contribution in [0, 0.1) is 27.7 Å². The number of nitrogens with zero attached hydrogens (tertiary/aromatic N) is 8. The first-order valence-electron chi connectivity index (χ1n) is 38.1. The lowest BCUT2D eigenvalue weighted by Gasteiger charge is -2.47. The van der Waals surface area contributed by atoms with Gasteiger partial charge in [0, 0.05) is 80.4 Å². The molecule has 0 saturated carbocycles. The normalized spacial score (nSPS) is 16.2. The van der Waals surface area contributed by atoms with E-state index in [2.05, 4.69) is 379 Å². The molecule has 0 atom stereocenters. The molecule has 0 saturated heterocycles. The predicted octanol–water partition coefficient (Wildman–Crippen LogP) is 21.5. The van der Waals surface area contributed by atoms with Gasteiger partial charge in [0.2, 0.25) is 0 Å². The number of benzene rings is 11. The number of anilines is 18. The van der Waals surface area contributed by atoms with E-state index in [1.807, 2.05) is 0 Å². The third-order valence-corrected chi connectivity index (χ3v) is 24.8. The smallest absolute Gasteiger partial charge is 0.254 e. The van der Waals surface area contributed by atoms with Crippen LogP contribution < -0.4 is 62.2 Å². The molecular formula is C96H88B2N8. The molecular weight excluding hydrogens is 1290 g/mol. The summed E-state index contributed by atoms with van der Waals surface area (Å²) in [4.78, 5) is 27.6. The van der Waals surface area contributed by atoms with Crippen molar-refractivity contribution < 1.29 is 0 Å². The molecule has 6 heterocycles. The molecule has 4 aliphatic heterocycles. The molecule has 0 spiro atoms. The lowest BCUT2D eigenvalue weighted by atomic mass is 9.30. The van der Waals surface area contributed by atoms with Crippen LogP contribution in [0.1, 0.15) is 126 Å². The van der Waals surface area contributed by atoms with Crippen LogP contribution in [0.5, 0.6) is 0 Å². The lowest BCUT2D eigenvalue weighted by Crippen LogP contribution is -2.65. The molecule has 0 amide bonds. The van der Waals surface area contributed by atoms with E-state index in [1.54, 1.807) is 0 Å². The number of hydrogen-bond acceptors (Lipinski definition) is 8. The molecule has 19 rings (SSSR count). The Bertz CT molecular complexity index is 5340. The Morgan fingerprint density at radius 3 is 1.00 bits per heavy atom. The molecule has 0 fully saturated rings. The number of hydrogen-bond donors (Lipinski definition) is 0. The summed E-state index contributed by atoms with van der Waals surface area (Å²) in [5, 5.41) is 0. The maximum absolute atomic E-state index is 6.29. The van der Waals surface area contributed by atoms with Gasteiger partial charge in [-0.2, -0.15) is 0 Å². The fourth-order valence-corrected chi connectivity index (χ4v) is 19.2. The van der Waals surface area contributed by atoms with Crippen molar-refractivity contribution in [1.29, 1.82) is 0 Å². The Hall–Kier alpha value is -11.4. The molecule has 2 aromatic heterocycles. The number of para-hydroxylation sites is 8. The Morgan fingerprint density at radius 1 is 0.283 bits per heavy atom. The monoisotopic (exact) mass is 1370 g/mol. The van der Waals surface area contributed by atoms with Crippen LogP contribution in [0.4, 0.5) is 103 Å². The third-order valence-electron chi connectivity index (χ3n) is 24.8. The summed E-state index contributed by atoms with van der Waals surface area (Å²) in [6.07, 6.45) is 4.49. The van der Waals surface area contributed by atoms with E-state index < -0.39 is 0 Å². The zero-order valence-electron chi connectivity index (χ0n) is 63.0. The summed E-state index contributed by atoms with van der Waals surface area (Å²) in [6, 6.07) is 101. The average molecular weight is 1380 g/mol. The molecule has 0 radical (unpaired) electrons. The van der Waals surface area contributed by atoms with Gasteiger partial charge in [-0.15, -0.1) is 0 Å². The summed E-state index contributed by atoms with van der Waals surface area (Å²) in [7, 11) is 0. The van der Waals surface area contributed by atoms with Gasteiger partial charge in [0.05, 0.1) is 11.4 Å². The number of fused-ring (bicyclic) bond motifs is 10. The molecule has 0 bridgehead atoms. The van der Waals surface area contributed by atoms with Gasteiger partial charge in [-0.3, -0.25) is 19.6 Å². The summed E-state index contributed by atoms with van der Waals surface area (Å²) in [5.41, 5.74) is 32.8. The fourth-order valence-electron chi connectivity index (χ4n) is 19.2. The van der Waals surface area contributed by atoms with Gasteiger partial charge in [-0.1, -0.05) is 219 Å². The Labute approximate surface area is 626 Å². The Morgan fingerprint density at radius 2 is 0.623 bits per heavy atom. The highest BCUT2D eigenvalue weighted by molar-refractivity contribution is 7.03. The second-order valence-electron chi connectivity index (χ2n) is 33.3. The minimum atomic E-state index is -0.264. The van der Waals surface area contributed by atoms with Crippen molar-refractivity contribution >= 4 is 149 Å². The van der Waals surface area contributed by atoms with Gasteiger partial charge in [-0.05, 0) is 243 Å². The van der Waals surface area contributed by atoms with Crippen LogP contribution in [0.3, 0.4) is 0 Å². The fraction of sp³-hybridized carbons (Fsp3) is 0.208. The lowest BCUT2D eigenvalue weighted by molar-refractivity contribution is 0.332. The number of rotatable bonds is 10. The number of aryl methyl sites for hydroxylation is 4. The Kier molecular flexibility index (Phi) is 14.9. The topological polar surface area (TPSA) is 45.2 Å². The van der Waals surface area contributed by atoms with Gasteiger partial charge in [0.1, 0.15) is 23.3 Å². The van der Waals surface area contributed by atoms with E-state index >= 15 is 0 Å². The SMILES string of the molecule is Cc1cccc(C)c1N(c1ccccc1)c1cc2c3c(n1)N(c1ccccc1)c1cc4c(cc1B3c1ccccc1N2c1ccc2c(c1)C(C)(C)CCC2(C)C)B1c2ccccc2N(c2ccc3c(c2)C(C)(C)CCC3(C)C)c2cc(N(c3ccccc3)c3c(C)cccc3C)nc(c21)N4c1ccccc1. The van der Waals surface area contributed by atoms with Crippen molar-refractivity contribution in [2.45, 2.75) is 130 Å². The van der Waals surface area contributed by atoms with Crippen LogP contribution in [-0.2, 0) is 21.7 Å². The van der Waals surface area contributed by atoms with E-state index in [9.17, 15) is 0 Å². The van der Waals surface area contributed by atoms with Crippen molar-refractivity contribution in [2.75, 3.05) is 29.4 Å². The van der Waals surface area contributed by atoms with Gasteiger partial charge >= 0.3 is 0 Å². The van der Waals surface area contributed by atoms with Crippen LogP contribution in [-0.4, -0.2) is 23.4 Å². The first-order chi connectivity index (χ1) is 51.2.